The number of carboxylic acids is 1. The fourth-order valence-corrected chi connectivity index (χ4v) is 5.31. The highest BCUT2D eigenvalue weighted by molar-refractivity contribution is 7.98. The normalized spacial score (nSPS) is 18.3. The number of aromatic nitrogens is 2. The molecule has 10 nitrogen and oxygen atoms in total. The van der Waals surface area contributed by atoms with Crippen molar-refractivity contribution in [1.82, 2.24) is 24.7 Å². The number of thioether (sulfide) groups is 1. The van der Waals surface area contributed by atoms with Gasteiger partial charge in [0.25, 0.3) is 5.91 Å². The first-order valence-electron chi connectivity index (χ1n) is 12.4. The second-order valence-electron chi connectivity index (χ2n) is 9.32. The van der Waals surface area contributed by atoms with Gasteiger partial charge in [-0.3, -0.25) is 19.4 Å². The molecule has 2 heterocycles. The third kappa shape index (κ3) is 5.38. The Labute approximate surface area is 225 Å². The molecule has 2 unspecified atom stereocenters. The van der Waals surface area contributed by atoms with Gasteiger partial charge in [-0.05, 0) is 48.1 Å². The first kappa shape index (κ1) is 27.2. The van der Waals surface area contributed by atoms with E-state index in [2.05, 4.69) is 10.3 Å². The maximum atomic E-state index is 14.0. The van der Waals surface area contributed by atoms with Gasteiger partial charge >= 0.3 is 12.0 Å². The summed E-state index contributed by atoms with van der Waals surface area (Å²) in [4.78, 5) is 58.8. The van der Waals surface area contributed by atoms with Crippen LogP contribution in [0.1, 0.15) is 25.3 Å². The Balaban J connectivity index is 1.65. The van der Waals surface area contributed by atoms with Crippen LogP contribution in [0.2, 0.25) is 0 Å². The molecule has 0 spiro atoms. The van der Waals surface area contributed by atoms with Gasteiger partial charge in [-0.25, -0.2) is 14.6 Å². The summed E-state index contributed by atoms with van der Waals surface area (Å²) in [5.41, 5.74) is -0.849. The molecule has 3 aromatic rings. The molecular weight excluding hydrogens is 506 g/mol. The molecule has 2 atom stereocenters. The predicted molar refractivity (Wildman–Crippen MR) is 145 cm³/mol. The lowest BCUT2D eigenvalue weighted by molar-refractivity contribution is -0.142. The molecule has 1 fully saturated rings. The van der Waals surface area contributed by atoms with Gasteiger partial charge in [0.05, 0.1) is 6.33 Å². The Hall–Kier alpha value is -3.86. The number of imidazole rings is 1. The fraction of sp³-hybridized carbons (Fsp3) is 0.370. The maximum absolute atomic E-state index is 14.0. The molecule has 0 radical (unpaired) electrons. The molecule has 0 saturated carbocycles. The highest BCUT2D eigenvalue weighted by Crippen LogP contribution is 2.40. The van der Waals surface area contributed by atoms with Gasteiger partial charge < -0.3 is 15.0 Å². The van der Waals surface area contributed by atoms with Crippen molar-refractivity contribution in [2.75, 3.05) is 25.1 Å². The number of carboxylic acid groups (broad SMARTS) is 1. The molecule has 0 aliphatic carbocycles. The summed E-state index contributed by atoms with van der Waals surface area (Å²) in [5.74, 6) is -1.65. The van der Waals surface area contributed by atoms with Crippen LogP contribution in [0.15, 0.2) is 61.2 Å². The summed E-state index contributed by atoms with van der Waals surface area (Å²) in [6.45, 7) is 1.93. The molecule has 0 bridgehead atoms. The summed E-state index contributed by atoms with van der Waals surface area (Å²) < 4.78 is 1.86. The highest BCUT2D eigenvalue weighted by Gasteiger charge is 2.56. The second-order valence-corrected chi connectivity index (χ2v) is 10.3. The van der Waals surface area contributed by atoms with Crippen LogP contribution >= 0.6 is 11.8 Å². The van der Waals surface area contributed by atoms with Gasteiger partial charge in [-0.2, -0.15) is 11.8 Å². The summed E-state index contributed by atoms with van der Waals surface area (Å²) in [6.07, 6.45) is 7.74. The van der Waals surface area contributed by atoms with Gasteiger partial charge in [0.1, 0.15) is 18.1 Å². The monoisotopic (exact) mass is 537 g/mol. The Morgan fingerprint density at radius 3 is 2.61 bits per heavy atom. The number of urea groups is 1. The van der Waals surface area contributed by atoms with E-state index in [1.54, 1.807) is 31.7 Å². The number of nitrogens with one attached hydrogen (secondary N) is 1. The molecule has 1 aliphatic rings. The minimum Gasteiger partial charge on any atom is -0.480 e. The summed E-state index contributed by atoms with van der Waals surface area (Å²) in [7, 11) is 0. The van der Waals surface area contributed by atoms with Crippen molar-refractivity contribution >= 4 is 46.3 Å². The summed E-state index contributed by atoms with van der Waals surface area (Å²) >= 11 is 1.48. The van der Waals surface area contributed by atoms with Crippen molar-refractivity contribution in [3.63, 3.8) is 0 Å². The van der Waals surface area contributed by atoms with Gasteiger partial charge in [0, 0.05) is 25.5 Å². The summed E-state index contributed by atoms with van der Waals surface area (Å²) in [6, 6.07) is 11.4. The second kappa shape index (κ2) is 11.7. The number of carbonyl (C=O) groups is 4. The van der Waals surface area contributed by atoms with Crippen molar-refractivity contribution in [2.24, 2.45) is 0 Å². The first-order chi connectivity index (χ1) is 18.3. The van der Waals surface area contributed by atoms with E-state index in [0.717, 1.165) is 10.8 Å². The molecule has 4 amide bonds. The first-order valence-corrected chi connectivity index (χ1v) is 13.8. The van der Waals surface area contributed by atoms with E-state index in [1.807, 2.05) is 47.2 Å². The van der Waals surface area contributed by atoms with E-state index >= 15 is 0 Å². The Morgan fingerprint density at radius 2 is 1.89 bits per heavy atom. The standard InChI is InChI=1S/C27H31N5O5S/c1-27(21-10-5-8-19-7-3-4-9-20(19)21)25(36)31(14-6-13-30-15-12-28-18-30)26(37)32(27)17-23(33)29-22(24(34)35)11-16-38-2/h3-5,7-10,12,15,18,22H,6,11,13-14,16-17H2,1-2H3,(H,29,33)(H,34,35). The highest BCUT2D eigenvalue weighted by atomic mass is 32.2. The van der Waals surface area contributed by atoms with Crippen molar-refractivity contribution < 1.29 is 24.3 Å². The maximum Gasteiger partial charge on any atom is 0.328 e. The van der Waals surface area contributed by atoms with E-state index in [9.17, 15) is 24.3 Å². The van der Waals surface area contributed by atoms with Crippen LogP contribution in [0.4, 0.5) is 4.79 Å². The molecular formula is C27H31N5O5S. The van der Waals surface area contributed by atoms with E-state index < -0.39 is 41.9 Å². The topological polar surface area (TPSA) is 125 Å². The van der Waals surface area contributed by atoms with Gasteiger partial charge in [0.2, 0.25) is 5.91 Å². The molecule has 2 N–H and O–H groups in total. The number of fused-ring (bicyclic) bond motifs is 1. The molecule has 4 rings (SSSR count). The van der Waals surface area contributed by atoms with Crippen LogP contribution in [0.5, 0.6) is 0 Å². The quantitative estimate of drug-likeness (QED) is 0.340. The number of hydrogen-bond donors (Lipinski definition) is 2. The van der Waals surface area contributed by atoms with Crippen molar-refractivity contribution in [3.05, 3.63) is 66.7 Å². The Bertz CT molecular complexity index is 1330. The lowest BCUT2D eigenvalue weighted by Crippen LogP contribution is -2.51. The molecule has 200 valence electrons. The Morgan fingerprint density at radius 1 is 1.13 bits per heavy atom. The zero-order valence-corrected chi connectivity index (χ0v) is 22.2. The lowest BCUT2D eigenvalue weighted by Gasteiger charge is -2.33. The van der Waals surface area contributed by atoms with Gasteiger partial charge in [-0.15, -0.1) is 0 Å². The number of rotatable bonds is 12. The van der Waals surface area contributed by atoms with E-state index in [-0.39, 0.29) is 13.0 Å². The third-order valence-corrected chi connectivity index (χ3v) is 7.52. The molecule has 1 aromatic heterocycles. The number of hydrogen-bond acceptors (Lipinski definition) is 6. The van der Waals surface area contributed by atoms with Crippen LogP contribution in [0.3, 0.4) is 0 Å². The third-order valence-electron chi connectivity index (χ3n) is 6.88. The number of nitrogens with zero attached hydrogens (tertiary/aromatic N) is 4. The minimum absolute atomic E-state index is 0.166. The number of benzene rings is 2. The fourth-order valence-electron chi connectivity index (χ4n) is 4.84. The number of amides is 4. The smallest absolute Gasteiger partial charge is 0.328 e. The van der Waals surface area contributed by atoms with Crippen LogP contribution < -0.4 is 5.32 Å². The van der Waals surface area contributed by atoms with Gasteiger partial charge in [-0.1, -0.05) is 42.5 Å². The van der Waals surface area contributed by atoms with E-state index in [1.165, 1.54) is 21.6 Å². The van der Waals surface area contributed by atoms with Gasteiger partial charge in [0.15, 0.2) is 0 Å². The van der Waals surface area contributed by atoms with Crippen LogP contribution in [-0.4, -0.2) is 79.4 Å². The molecule has 38 heavy (non-hydrogen) atoms. The largest absolute Gasteiger partial charge is 0.480 e. The number of carbonyl (C=O) groups excluding carboxylic acids is 3. The van der Waals surface area contributed by atoms with E-state index in [0.29, 0.717) is 24.3 Å². The predicted octanol–water partition coefficient (Wildman–Crippen LogP) is 2.93. The Kier molecular flexibility index (Phi) is 8.35. The molecule has 2 aromatic carbocycles. The average Bonchev–Trinajstić information content (AvgIpc) is 3.49. The van der Waals surface area contributed by atoms with Crippen molar-refractivity contribution in [2.45, 2.75) is 37.9 Å². The number of aliphatic carboxylic acids is 1. The van der Waals surface area contributed by atoms with E-state index in [4.69, 9.17) is 0 Å². The van der Waals surface area contributed by atoms with Crippen LogP contribution in [0.25, 0.3) is 10.8 Å². The van der Waals surface area contributed by atoms with Crippen LogP contribution in [-0.2, 0) is 26.5 Å². The number of imide groups is 1. The zero-order chi connectivity index (χ0) is 27.3. The molecule has 1 saturated heterocycles. The zero-order valence-electron chi connectivity index (χ0n) is 21.4. The SMILES string of the molecule is CSCCC(NC(=O)CN1C(=O)N(CCCn2ccnc2)C(=O)C1(C)c1cccc2ccccc12)C(=O)O. The molecule has 11 heteroatoms. The van der Waals surface area contributed by atoms with Crippen molar-refractivity contribution in [1.29, 1.82) is 0 Å². The average molecular weight is 538 g/mol. The number of aryl methyl sites for hydroxylation is 1. The lowest BCUT2D eigenvalue weighted by atomic mass is 9.86. The summed E-state index contributed by atoms with van der Waals surface area (Å²) in [5, 5.41) is 13.8. The minimum atomic E-state index is -1.46. The molecule has 1 aliphatic heterocycles. The van der Waals surface area contributed by atoms with Crippen LogP contribution in [0, 0.1) is 0 Å². The van der Waals surface area contributed by atoms with Crippen molar-refractivity contribution in [3.8, 4) is 0 Å².